The molecule has 2 saturated carbocycles. The van der Waals surface area contributed by atoms with E-state index < -0.39 is 11.9 Å². The molecule has 8 heteroatoms. The van der Waals surface area contributed by atoms with Crippen molar-refractivity contribution in [1.82, 2.24) is 16.0 Å². The van der Waals surface area contributed by atoms with E-state index in [0.29, 0.717) is 36.8 Å². The molecule has 0 aromatic carbocycles. The minimum absolute atomic E-state index is 0. The molecule has 24 heavy (non-hydrogen) atoms. The van der Waals surface area contributed by atoms with Crippen LogP contribution in [-0.2, 0) is 14.4 Å². The summed E-state index contributed by atoms with van der Waals surface area (Å²) in [5.41, 5.74) is 5.82. The van der Waals surface area contributed by atoms with Gasteiger partial charge in [0.25, 0.3) is 0 Å². The minimum Gasteiger partial charge on any atom is -0.368 e. The molecule has 0 aromatic rings. The molecular weight excluding hydrogens is 332 g/mol. The summed E-state index contributed by atoms with van der Waals surface area (Å²) in [6.07, 6.45) is 5.67. The van der Waals surface area contributed by atoms with E-state index >= 15 is 0 Å². The molecule has 2 heterocycles. The third-order valence-electron chi connectivity index (χ3n) is 6.31. The Kier molecular flexibility index (Phi) is 4.51. The van der Waals surface area contributed by atoms with Gasteiger partial charge in [-0.1, -0.05) is 0 Å². The largest absolute Gasteiger partial charge is 0.368 e. The Morgan fingerprint density at radius 3 is 2.67 bits per heavy atom. The van der Waals surface area contributed by atoms with Crippen molar-refractivity contribution in [3.63, 3.8) is 0 Å². The first kappa shape index (κ1) is 17.5. The molecule has 0 aromatic heterocycles. The Morgan fingerprint density at radius 2 is 2.12 bits per heavy atom. The lowest BCUT2D eigenvalue weighted by atomic mass is 9.85. The van der Waals surface area contributed by atoms with Crippen LogP contribution in [0.25, 0.3) is 0 Å². The van der Waals surface area contributed by atoms with Crippen molar-refractivity contribution in [3.8, 4) is 0 Å². The van der Waals surface area contributed by atoms with Crippen molar-refractivity contribution in [2.45, 2.75) is 56.7 Å². The highest BCUT2D eigenvalue weighted by Gasteiger charge is 2.62. The van der Waals surface area contributed by atoms with Gasteiger partial charge in [0.2, 0.25) is 17.7 Å². The van der Waals surface area contributed by atoms with Gasteiger partial charge in [0.05, 0.1) is 6.04 Å². The van der Waals surface area contributed by atoms with Gasteiger partial charge >= 0.3 is 0 Å². The number of primary amides is 1. The Hall–Kier alpha value is -1.34. The van der Waals surface area contributed by atoms with Crippen LogP contribution in [0.2, 0.25) is 0 Å². The van der Waals surface area contributed by atoms with Gasteiger partial charge < -0.3 is 21.7 Å². The number of fused-ring (bicyclic) bond motifs is 3. The lowest BCUT2D eigenvalue weighted by Gasteiger charge is -2.30. The number of nitrogens with two attached hydrogens (primary N) is 1. The zero-order valence-electron chi connectivity index (χ0n) is 13.5. The molecule has 4 fully saturated rings. The molecule has 1 spiro atoms. The average molecular weight is 357 g/mol. The predicted molar refractivity (Wildman–Crippen MR) is 89.2 cm³/mol. The van der Waals surface area contributed by atoms with Crippen LogP contribution < -0.4 is 21.7 Å². The summed E-state index contributed by atoms with van der Waals surface area (Å²) in [5.74, 6) is -0.611. The van der Waals surface area contributed by atoms with E-state index in [1.54, 1.807) is 0 Å². The molecule has 0 radical (unpaired) electrons. The number of hydrogen-bond acceptors (Lipinski definition) is 4. The van der Waals surface area contributed by atoms with Crippen LogP contribution in [0.3, 0.4) is 0 Å². The standard InChI is InChI=1S/C16H24N4O3.ClH/c17-13(21)11(5-8-1-4-18-14(8)22)20-15(23)12-10-6-9(19-12)7-16(10)2-3-16;/h8-12,19H,1-7H2,(H2,17,21)(H,18,22)(H,20,23);1H/t8-,9-,10-,11-,12-;/m0./s1. The summed E-state index contributed by atoms with van der Waals surface area (Å²) in [7, 11) is 0. The molecule has 2 bridgehead atoms. The van der Waals surface area contributed by atoms with E-state index in [0.717, 1.165) is 6.42 Å². The summed E-state index contributed by atoms with van der Waals surface area (Å²) in [5, 5.41) is 8.94. The summed E-state index contributed by atoms with van der Waals surface area (Å²) >= 11 is 0. The maximum absolute atomic E-state index is 12.6. The Morgan fingerprint density at radius 1 is 1.38 bits per heavy atom. The maximum Gasteiger partial charge on any atom is 0.240 e. The van der Waals surface area contributed by atoms with Gasteiger partial charge in [-0.15, -0.1) is 12.4 Å². The number of rotatable bonds is 5. The molecule has 4 aliphatic rings. The third kappa shape index (κ3) is 2.88. The molecule has 7 nitrogen and oxygen atoms in total. The second-order valence-electron chi connectivity index (χ2n) is 7.73. The smallest absolute Gasteiger partial charge is 0.240 e. The second kappa shape index (κ2) is 6.19. The van der Waals surface area contributed by atoms with Crippen molar-refractivity contribution < 1.29 is 14.4 Å². The number of amides is 3. The monoisotopic (exact) mass is 356 g/mol. The Balaban J connectivity index is 0.00000169. The number of hydrogen-bond donors (Lipinski definition) is 4. The molecule has 2 aliphatic carbocycles. The number of carbonyl (C=O) groups excluding carboxylic acids is 3. The number of piperidine rings is 1. The first-order chi connectivity index (χ1) is 11.0. The van der Waals surface area contributed by atoms with Crippen LogP contribution in [0.5, 0.6) is 0 Å². The highest BCUT2D eigenvalue weighted by molar-refractivity contribution is 5.90. The fourth-order valence-electron chi connectivity index (χ4n) is 4.92. The summed E-state index contributed by atoms with van der Waals surface area (Å²) < 4.78 is 0. The number of carbonyl (C=O) groups is 3. The predicted octanol–water partition coefficient (Wildman–Crippen LogP) is -0.565. The molecule has 4 rings (SSSR count). The van der Waals surface area contributed by atoms with E-state index in [1.165, 1.54) is 19.3 Å². The zero-order valence-corrected chi connectivity index (χ0v) is 14.4. The van der Waals surface area contributed by atoms with Gasteiger partial charge in [-0.3, -0.25) is 14.4 Å². The highest BCUT2D eigenvalue weighted by Crippen LogP contribution is 2.64. The molecule has 134 valence electrons. The van der Waals surface area contributed by atoms with Gasteiger partial charge in [-0.2, -0.15) is 0 Å². The van der Waals surface area contributed by atoms with Crippen LogP contribution >= 0.6 is 12.4 Å². The van der Waals surface area contributed by atoms with Crippen LogP contribution in [0.1, 0.15) is 38.5 Å². The normalized spacial score (nSPS) is 36.1. The van der Waals surface area contributed by atoms with Crippen molar-refractivity contribution in [3.05, 3.63) is 0 Å². The number of nitrogens with one attached hydrogen (secondary N) is 3. The van der Waals surface area contributed by atoms with Gasteiger partial charge in [-0.25, -0.2) is 0 Å². The molecule has 5 atom stereocenters. The molecule has 2 aliphatic heterocycles. The SMILES string of the molecule is Cl.NC(=O)[C@H](C[C@@H]1CCNC1=O)NC(=O)[C@H]1N[C@H]2C[C@@H]1C1(CC1)C2. The highest BCUT2D eigenvalue weighted by atomic mass is 35.5. The first-order valence-electron chi connectivity index (χ1n) is 8.62. The van der Waals surface area contributed by atoms with Crippen molar-refractivity contribution in [2.24, 2.45) is 23.0 Å². The van der Waals surface area contributed by atoms with Crippen molar-refractivity contribution in [1.29, 1.82) is 0 Å². The zero-order chi connectivity index (χ0) is 16.2. The van der Waals surface area contributed by atoms with Gasteiger partial charge in [0, 0.05) is 18.5 Å². The quantitative estimate of drug-likeness (QED) is 0.528. The van der Waals surface area contributed by atoms with Gasteiger partial charge in [-0.05, 0) is 49.9 Å². The molecule has 0 unspecified atom stereocenters. The second-order valence-corrected chi connectivity index (χ2v) is 7.73. The average Bonchev–Trinajstić information content (AvgIpc) is 2.86. The van der Waals surface area contributed by atoms with E-state index in [-0.39, 0.29) is 36.2 Å². The van der Waals surface area contributed by atoms with Gasteiger partial charge in [0.15, 0.2) is 0 Å². The van der Waals surface area contributed by atoms with Crippen LogP contribution in [0, 0.1) is 17.3 Å². The van der Waals surface area contributed by atoms with E-state index in [4.69, 9.17) is 5.73 Å². The molecule has 5 N–H and O–H groups in total. The Bertz CT molecular complexity index is 566. The van der Waals surface area contributed by atoms with E-state index in [1.807, 2.05) is 0 Å². The van der Waals surface area contributed by atoms with E-state index in [9.17, 15) is 14.4 Å². The fraction of sp³-hybridized carbons (Fsp3) is 0.812. The summed E-state index contributed by atoms with van der Waals surface area (Å²) in [6, 6.07) is -0.547. The summed E-state index contributed by atoms with van der Waals surface area (Å²) in [4.78, 5) is 36.0. The first-order valence-corrected chi connectivity index (χ1v) is 8.62. The summed E-state index contributed by atoms with van der Waals surface area (Å²) in [6.45, 7) is 0.624. The van der Waals surface area contributed by atoms with Crippen molar-refractivity contribution in [2.75, 3.05) is 6.54 Å². The van der Waals surface area contributed by atoms with Crippen LogP contribution in [0.4, 0.5) is 0 Å². The number of halogens is 1. The van der Waals surface area contributed by atoms with Crippen LogP contribution in [-0.4, -0.2) is 42.4 Å². The Labute approximate surface area is 147 Å². The third-order valence-corrected chi connectivity index (χ3v) is 6.31. The molecular formula is C16H25ClN4O3. The lowest BCUT2D eigenvalue weighted by molar-refractivity contribution is -0.131. The van der Waals surface area contributed by atoms with Gasteiger partial charge in [0.1, 0.15) is 6.04 Å². The minimum atomic E-state index is -0.771. The molecule has 3 amide bonds. The van der Waals surface area contributed by atoms with Crippen LogP contribution in [0.15, 0.2) is 0 Å². The lowest BCUT2D eigenvalue weighted by Crippen LogP contribution is -2.55. The fourth-order valence-corrected chi connectivity index (χ4v) is 4.92. The van der Waals surface area contributed by atoms with Crippen molar-refractivity contribution >= 4 is 30.1 Å². The molecule has 2 saturated heterocycles. The maximum atomic E-state index is 12.6. The topological polar surface area (TPSA) is 113 Å². The van der Waals surface area contributed by atoms with E-state index in [2.05, 4.69) is 16.0 Å².